The Bertz CT molecular complexity index is 1430. The van der Waals surface area contributed by atoms with Gasteiger partial charge in [-0.1, -0.05) is 30.3 Å². The molecule has 2 fully saturated rings. The number of rotatable bonds is 6. The third-order valence-corrected chi connectivity index (χ3v) is 8.18. The van der Waals surface area contributed by atoms with Crippen LogP contribution in [0, 0.1) is 5.92 Å². The summed E-state index contributed by atoms with van der Waals surface area (Å²) in [6.45, 7) is 0.507. The molecule has 2 aliphatic heterocycles. The van der Waals surface area contributed by atoms with Gasteiger partial charge in [-0.25, -0.2) is 4.79 Å². The number of urea groups is 1. The predicted molar refractivity (Wildman–Crippen MR) is 136 cm³/mol. The lowest BCUT2D eigenvalue weighted by atomic mass is 9.69. The fourth-order valence-corrected chi connectivity index (χ4v) is 6.27. The standard InChI is InChI=1S/C27H29N7O4/c1-33-31-23(30-32-33)21-6-4-3-5-20(21)16-7-10-18(11-8-16)27(25(36)28-26(37)29-27)15-34-14-17-9-12-19(38-2)13-22(17)24(34)35/h3-6,9,12-13,16,18H,7-8,10-11,14-15H2,1-2H3,(H2,28,29,36,37)/t16?,18?,27-/m0/s1. The third-order valence-electron chi connectivity index (χ3n) is 8.18. The molecule has 6 rings (SSSR count). The van der Waals surface area contributed by atoms with Crippen LogP contribution in [-0.4, -0.2) is 62.1 Å². The number of carbonyl (C=O) groups is 3. The minimum absolute atomic E-state index is 0.113. The van der Waals surface area contributed by atoms with E-state index in [0.29, 0.717) is 23.7 Å². The average Bonchev–Trinajstić information content (AvgIpc) is 3.59. The van der Waals surface area contributed by atoms with Crippen LogP contribution in [0.4, 0.5) is 4.79 Å². The molecular weight excluding hydrogens is 486 g/mol. The number of aromatic nitrogens is 4. The summed E-state index contributed by atoms with van der Waals surface area (Å²) in [6, 6.07) is 13.0. The normalized spacial score (nSPS) is 24.8. The molecule has 1 aliphatic carbocycles. The molecule has 3 aromatic rings. The fourth-order valence-electron chi connectivity index (χ4n) is 6.27. The van der Waals surface area contributed by atoms with E-state index in [1.54, 1.807) is 25.1 Å². The molecule has 2 aromatic carbocycles. The highest BCUT2D eigenvalue weighted by atomic mass is 16.5. The second-order valence-corrected chi connectivity index (χ2v) is 10.3. The Morgan fingerprint density at radius 2 is 1.84 bits per heavy atom. The molecule has 3 aliphatic rings. The number of nitrogens with one attached hydrogen (secondary N) is 2. The number of carbonyl (C=O) groups excluding carboxylic acids is 3. The number of hydrogen-bond donors (Lipinski definition) is 2. The molecule has 1 aromatic heterocycles. The molecule has 0 unspecified atom stereocenters. The molecule has 0 spiro atoms. The van der Waals surface area contributed by atoms with E-state index in [0.717, 1.165) is 42.4 Å². The summed E-state index contributed by atoms with van der Waals surface area (Å²) in [5.41, 5.74) is 2.40. The SMILES string of the molecule is COc1ccc2c(c1)C(=O)N(C[C@@]1(C3CCC(c4ccccc4-c4nnn(C)n4)CC3)NC(=O)NC1=O)C2. The molecule has 11 nitrogen and oxygen atoms in total. The van der Waals surface area contributed by atoms with Crippen molar-refractivity contribution < 1.29 is 19.1 Å². The van der Waals surface area contributed by atoms with Crippen molar-refractivity contribution in [2.45, 2.75) is 43.7 Å². The lowest BCUT2D eigenvalue weighted by Crippen LogP contribution is -2.60. The second kappa shape index (κ2) is 9.23. The summed E-state index contributed by atoms with van der Waals surface area (Å²) in [7, 11) is 3.30. The van der Waals surface area contributed by atoms with Crippen molar-refractivity contribution in [2.24, 2.45) is 13.0 Å². The van der Waals surface area contributed by atoms with Gasteiger partial charge in [0.15, 0.2) is 0 Å². The predicted octanol–water partition coefficient (Wildman–Crippen LogP) is 2.39. The van der Waals surface area contributed by atoms with Crippen LogP contribution in [0.3, 0.4) is 0 Å². The topological polar surface area (TPSA) is 131 Å². The molecule has 2 N–H and O–H groups in total. The van der Waals surface area contributed by atoms with Crippen molar-refractivity contribution >= 4 is 17.8 Å². The Morgan fingerprint density at radius 3 is 2.53 bits per heavy atom. The molecule has 1 saturated heterocycles. The quantitative estimate of drug-likeness (QED) is 0.482. The Morgan fingerprint density at radius 1 is 1.05 bits per heavy atom. The van der Waals surface area contributed by atoms with Gasteiger partial charge >= 0.3 is 6.03 Å². The Hall–Kier alpha value is -4.28. The van der Waals surface area contributed by atoms with Gasteiger partial charge in [0, 0.05) is 17.7 Å². The Kier molecular flexibility index (Phi) is 5.85. The zero-order valence-electron chi connectivity index (χ0n) is 21.3. The lowest BCUT2D eigenvalue weighted by molar-refractivity contribution is -0.127. The van der Waals surface area contributed by atoms with Crippen molar-refractivity contribution in [2.75, 3.05) is 13.7 Å². The number of tetrazole rings is 1. The maximum absolute atomic E-state index is 13.3. The zero-order valence-corrected chi connectivity index (χ0v) is 21.3. The van der Waals surface area contributed by atoms with E-state index in [1.807, 2.05) is 30.3 Å². The Balaban J connectivity index is 1.23. The van der Waals surface area contributed by atoms with Crippen LogP contribution < -0.4 is 15.4 Å². The van der Waals surface area contributed by atoms with E-state index in [-0.39, 0.29) is 30.2 Å². The lowest BCUT2D eigenvalue weighted by Gasteiger charge is -2.41. The molecule has 196 valence electrons. The molecule has 38 heavy (non-hydrogen) atoms. The molecular formula is C27H29N7O4. The number of aryl methyl sites for hydroxylation is 1. The number of ether oxygens (including phenoxy) is 1. The van der Waals surface area contributed by atoms with Crippen LogP contribution in [-0.2, 0) is 18.4 Å². The molecule has 11 heteroatoms. The molecule has 4 amide bonds. The third kappa shape index (κ3) is 3.98. The highest BCUT2D eigenvalue weighted by Gasteiger charge is 2.54. The van der Waals surface area contributed by atoms with E-state index in [1.165, 1.54) is 4.80 Å². The monoisotopic (exact) mass is 515 g/mol. The maximum atomic E-state index is 13.3. The van der Waals surface area contributed by atoms with Gasteiger partial charge in [0.05, 0.1) is 20.7 Å². The number of amides is 4. The zero-order chi connectivity index (χ0) is 26.4. The highest BCUT2D eigenvalue weighted by Crippen LogP contribution is 2.44. The van der Waals surface area contributed by atoms with Crippen LogP contribution in [0.2, 0.25) is 0 Å². The van der Waals surface area contributed by atoms with E-state index in [4.69, 9.17) is 4.74 Å². The number of imide groups is 1. The Labute approximate surface area is 219 Å². The van der Waals surface area contributed by atoms with Crippen LogP contribution >= 0.6 is 0 Å². The maximum Gasteiger partial charge on any atom is 0.322 e. The van der Waals surface area contributed by atoms with E-state index < -0.39 is 11.6 Å². The molecule has 1 saturated carbocycles. The first-order valence-electron chi connectivity index (χ1n) is 12.8. The number of fused-ring (bicyclic) bond motifs is 1. The molecule has 0 radical (unpaired) electrons. The smallest absolute Gasteiger partial charge is 0.322 e. The minimum atomic E-state index is -1.17. The number of nitrogens with zero attached hydrogens (tertiary/aromatic N) is 5. The summed E-state index contributed by atoms with van der Waals surface area (Å²) >= 11 is 0. The van der Waals surface area contributed by atoms with Crippen molar-refractivity contribution in [3.63, 3.8) is 0 Å². The number of benzene rings is 2. The highest BCUT2D eigenvalue weighted by molar-refractivity contribution is 6.08. The van der Waals surface area contributed by atoms with Gasteiger partial charge in [0.2, 0.25) is 5.82 Å². The van der Waals surface area contributed by atoms with Gasteiger partial charge in [-0.3, -0.25) is 14.9 Å². The second-order valence-electron chi connectivity index (χ2n) is 10.3. The first-order chi connectivity index (χ1) is 18.4. The van der Waals surface area contributed by atoms with Gasteiger partial charge in [-0.15, -0.1) is 10.2 Å². The van der Waals surface area contributed by atoms with Crippen LogP contribution in [0.15, 0.2) is 42.5 Å². The van der Waals surface area contributed by atoms with E-state index in [2.05, 4.69) is 32.1 Å². The van der Waals surface area contributed by atoms with Crippen molar-refractivity contribution in [1.82, 2.24) is 35.7 Å². The average molecular weight is 516 g/mol. The first kappa shape index (κ1) is 24.1. The first-order valence-corrected chi connectivity index (χ1v) is 12.8. The number of hydrogen-bond acceptors (Lipinski definition) is 7. The molecule has 3 heterocycles. The fraction of sp³-hybridized carbons (Fsp3) is 0.407. The van der Waals surface area contributed by atoms with Gasteiger partial charge in [0.25, 0.3) is 11.8 Å². The summed E-state index contributed by atoms with van der Waals surface area (Å²) in [5.74, 6) is 0.818. The summed E-state index contributed by atoms with van der Waals surface area (Å²) < 4.78 is 5.28. The molecule has 1 atom stereocenters. The van der Waals surface area contributed by atoms with Gasteiger partial charge in [-0.2, -0.15) is 4.80 Å². The largest absolute Gasteiger partial charge is 0.497 e. The van der Waals surface area contributed by atoms with Crippen LogP contribution in [0.1, 0.15) is 53.1 Å². The van der Waals surface area contributed by atoms with Gasteiger partial charge < -0.3 is 15.0 Å². The number of methoxy groups -OCH3 is 1. The van der Waals surface area contributed by atoms with E-state index in [9.17, 15) is 14.4 Å². The summed E-state index contributed by atoms with van der Waals surface area (Å²) in [6.07, 6.45) is 3.11. The summed E-state index contributed by atoms with van der Waals surface area (Å²) in [5, 5.41) is 17.9. The summed E-state index contributed by atoms with van der Waals surface area (Å²) in [4.78, 5) is 42.1. The van der Waals surface area contributed by atoms with Gasteiger partial charge in [-0.05, 0) is 66.0 Å². The van der Waals surface area contributed by atoms with Gasteiger partial charge in [0.1, 0.15) is 11.3 Å². The van der Waals surface area contributed by atoms with Crippen molar-refractivity contribution in [1.29, 1.82) is 0 Å². The van der Waals surface area contributed by atoms with Crippen LogP contribution in [0.25, 0.3) is 11.4 Å². The van der Waals surface area contributed by atoms with E-state index >= 15 is 0 Å². The van der Waals surface area contributed by atoms with Crippen molar-refractivity contribution in [3.05, 3.63) is 59.2 Å². The van der Waals surface area contributed by atoms with Crippen molar-refractivity contribution in [3.8, 4) is 17.1 Å². The van der Waals surface area contributed by atoms with Crippen LogP contribution in [0.5, 0.6) is 5.75 Å². The minimum Gasteiger partial charge on any atom is -0.497 e. The molecule has 0 bridgehead atoms.